The van der Waals surface area contributed by atoms with Crippen LogP contribution in [0.1, 0.15) is 34.6 Å². The van der Waals surface area contributed by atoms with Crippen molar-refractivity contribution < 1.29 is 23.9 Å². The monoisotopic (exact) mass is 341 g/mol. The maximum absolute atomic E-state index is 12.3. The molecule has 0 unspecified atom stereocenters. The van der Waals surface area contributed by atoms with Crippen molar-refractivity contribution in [2.45, 2.75) is 20.0 Å². The number of hydrogen-bond acceptors (Lipinski definition) is 5. The van der Waals surface area contributed by atoms with Crippen LogP contribution in [0.4, 0.5) is 5.69 Å². The molecular formula is C19H19NO5. The van der Waals surface area contributed by atoms with E-state index in [1.54, 1.807) is 49.4 Å². The van der Waals surface area contributed by atoms with Crippen molar-refractivity contribution in [1.82, 2.24) is 0 Å². The molecule has 130 valence electrons. The maximum Gasteiger partial charge on any atom is 0.337 e. The molecule has 1 atom stereocenters. The van der Waals surface area contributed by atoms with Crippen LogP contribution in [0.2, 0.25) is 0 Å². The van der Waals surface area contributed by atoms with Crippen molar-refractivity contribution >= 4 is 23.3 Å². The van der Waals surface area contributed by atoms with E-state index in [0.717, 1.165) is 0 Å². The van der Waals surface area contributed by atoms with E-state index in [-0.39, 0.29) is 11.7 Å². The second-order valence-corrected chi connectivity index (χ2v) is 5.41. The van der Waals surface area contributed by atoms with Gasteiger partial charge in [0.05, 0.1) is 12.7 Å². The van der Waals surface area contributed by atoms with Crippen molar-refractivity contribution in [3.05, 3.63) is 59.7 Å². The van der Waals surface area contributed by atoms with Gasteiger partial charge in [-0.25, -0.2) is 4.79 Å². The molecule has 2 aromatic carbocycles. The normalized spacial score (nSPS) is 11.3. The number of ether oxygens (including phenoxy) is 2. The molecule has 6 nitrogen and oxygen atoms in total. The van der Waals surface area contributed by atoms with Crippen LogP contribution in [0.15, 0.2) is 48.5 Å². The molecule has 6 heteroatoms. The number of rotatable bonds is 6. The van der Waals surface area contributed by atoms with E-state index < -0.39 is 12.1 Å². The number of nitrogens with one attached hydrogen (secondary N) is 1. The second kappa shape index (κ2) is 8.10. The fraction of sp³-hybridized carbons (Fsp3) is 0.211. The Morgan fingerprint density at radius 2 is 1.68 bits per heavy atom. The molecular weight excluding hydrogens is 322 g/mol. The number of ketones is 1. The molecule has 1 amide bonds. The number of amides is 1. The minimum absolute atomic E-state index is 0.0833. The van der Waals surface area contributed by atoms with Crippen molar-refractivity contribution in [3.63, 3.8) is 0 Å². The highest BCUT2D eigenvalue weighted by atomic mass is 16.5. The summed E-state index contributed by atoms with van der Waals surface area (Å²) in [5.74, 6) is -0.559. The fourth-order valence-electron chi connectivity index (χ4n) is 2.13. The SMILES string of the molecule is COC(=O)c1cccc(O[C@@H](C)C(=O)Nc2cccc(C(C)=O)c2)c1. The Balaban J connectivity index is 2.04. The molecule has 0 saturated carbocycles. The summed E-state index contributed by atoms with van der Waals surface area (Å²) in [6.07, 6.45) is -0.797. The average molecular weight is 341 g/mol. The van der Waals surface area contributed by atoms with Crippen LogP contribution in [0.3, 0.4) is 0 Å². The summed E-state index contributed by atoms with van der Waals surface area (Å²) in [5.41, 5.74) is 1.36. The lowest BCUT2D eigenvalue weighted by atomic mass is 10.1. The zero-order chi connectivity index (χ0) is 18.4. The van der Waals surface area contributed by atoms with Gasteiger partial charge in [-0.2, -0.15) is 0 Å². The number of benzene rings is 2. The summed E-state index contributed by atoms with van der Waals surface area (Å²) in [4.78, 5) is 35.2. The zero-order valence-electron chi connectivity index (χ0n) is 14.2. The largest absolute Gasteiger partial charge is 0.481 e. The molecule has 0 spiro atoms. The molecule has 0 aliphatic rings. The Bertz CT molecular complexity index is 800. The van der Waals surface area contributed by atoms with Gasteiger partial charge < -0.3 is 14.8 Å². The number of Topliss-reactive ketones (excluding diaryl/α,β-unsaturated/α-hetero) is 1. The minimum atomic E-state index is -0.797. The molecule has 1 N–H and O–H groups in total. The smallest absolute Gasteiger partial charge is 0.337 e. The standard InChI is InChI=1S/C19H19NO5/c1-12(21)14-6-4-8-16(10-14)20-18(22)13(2)25-17-9-5-7-15(11-17)19(23)24-3/h4-11,13H,1-3H3,(H,20,22)/t13-/m0/s1. The number of esters is 1. The first kappa shape index (κ1) is 18.2. The van der Waals surface area contributed by atoms with Gasteiger partial charge in [0.25, 0.3) is 5.91 Å². The van der Waals surface area contributed by atoms with Gasteiger partial charge in [0, 0.05) is 11.3 Å². The first-order chi connectivity index (χ1) is 11.9. The van der Waals surface area contributed by atoms with Gasteiger partial charge in [0.2, 0.25) is 0 Å². The Labute approximate surface area is 145 Å². The van der Waals surface area contributed by atoms with Crippen LogP contribution in [0.5, 0.6) is 5.75 Å². The third-order valence-electron chi connectivity index (χ3n) is 3.47. The summed E-state index contributed by atoms with van der Waals surface area (Å²) >= 11 is 0. The minimum Gasteiger partial charge on any atom is -0.481 e. The highest BCUT2D eigenvalue weighted by Gasteiger charge is 2.16. The van der Waals surface area contributed by atoms with Crippen molar-refractivity contribution in [3.8, 4) is 5.75 Å². The predicted octanol–water partition coefficient (Wildman–Crippen LogP) is 3.08. The van der Waals surface area contributed by atoms with E-state index in [9.17, 15) is 14.4 Å². The van der Waals surface area contributed by atoms with Gasteiger partial charge in [-0.1, -0.05) is 18.2 Å². The summed E-state index contributed by atoms with van der Waals surface area (Å²) in [5, 5.41) is 2.70. The molecule has 0 aliphatic carbocycles. The highest BCUT2D eigenvalue weighted by molar-refractivity contribution is 5.98. The molecule has 0 fully saturated rings. The quantitative estimate of drug-likeness (QED) is 0.645. The Morgan fingerprint density at radius 3 is 2.36 bits per heavy atom. The van der Waals surface area contributed by atoms with E-state index in [4.69, 9.17) is 4.74 Å². The Morgan fingerprint density at radius 1 is 1.00 bits per heavy atom. The van der Waals surface area contributed by atoms with Gasteiger partial charge in [0.1, 0.15) is 5.75 Å². The lowest BCUT2D eigenvalue weighted by molar-refractivity contribution is -0.122. The molecule has 25 heavy (non-hydrogen) atoms. The highest BCUT2D eigenvalue weighted by Crippen LogP contribution is 2.17. The topological polar surface area (TPSA) is 81.7 Å². The maximum atomic E-state index is 12.3. The predicted molar refractivity (Wildman–Crippen MR) is 92.9 cm³/mol. The third kappa shape index (κ3) is 4.91. The first-order valence-corrected chi connectivity index (χ1v) is 7.67. The van der Waals surface area contributed by atoms with Crippen molar-refractivity contribution in [2.75, 3.05) is 12.4 Å². The molecule has 2 rings (SSSR count). The van der Waals surface area contributed by atoms with E-state index in [2.05, 4.69) is 10.1 Å². The second-order valence-electron chi connectivity index (χ2n) is 5.41. The average Bonchev–Trinajstić information content (AvgIpc) is 2.61. The molecule has 0 aromatic heterocycles. The third-order valence-corrected chi connectivity index (χ3v) is 3.47. The summed E-state index contributed by atoms with van der Waals surface area (Å²) < 4.78 is 10.2. The van der Waals surface area contributed by atoms with Crippen LogP contribution in [-0.2, 0) is 9.53 Å². The van der Waals surface area contributed by atoms with Crippen LogP contribution < -0.4 is 10.1 Å². The van der Waals surface area contributed by atoms with Gasteiger partial charge in [-0.15, -0.1) is 0 Å². The van der Waals surface area contributed by atoms with Gasteiger partial charge in [-0.05, 0) is 44.2 Å². The molecule has 2 aromatic rings. The van der Waals surface area contributed by atoms with Crippen LogP contribution in [-0.4, -0.2) is 30.9 Å². The van der Waals surface area contributed by atoms with E-state index in [1.165, 1.54) is 20.1 Å². The van der Waals surface area contributed by atoms with Crippen molar-refractivity contribution in [1.29, 1.82) is 0 Å². The van der Waals surface area contributed by atoms with Crippen LogP contribution in [0.25, 0.3) is 0 Å². The summed E-state index contributed by atoms with van der Waals surface area (Å²) in [6.45, 7) is 3.05. The lowest BCUT2D eigenvalue weighted by Gasteiger charge is -2.15. The molecule has 0 aliphatic heterocycles. The van der Waals surface area contributed by atoms with Crippen LogP contribution in [0, 0.1) is 0 Å². The summed E-state index contributed by atoms with van der Waals surface area (Å²) in [6, 6.07) is 13.0. The molecule has 0 bridgehead atoms. The van der Waals surface area contributed by atoms with Gasteiger partial charge >= 0.3 is 5.97 Å². The van der Waals surface area contributed by atoms with Gasteiger partial charge in [0.15, 0.2) is 11.9 Å². The summed E-state index contributed by atoms with van der Waals surface area (Å²) in [7, 11) is 1.29. The lowest BCUT2D eigenvalue weighted by Crippen LogP contribution is -2.30. The van der Waals surface area contributed by atoms with E-state index in [1.807, 2.05) is 0 Å². The number of carbonyl (C=O) groups is 3. The number of methoxy groups -OCH3 is 1. The molecule has 0 radical (unpaired) electrons. The fourth-order valence-corrected chi connectivity index (χ4v) is 2.13. The number of hydrogen-bond donors (Lipinski definition) is 1. The Kier molecular flexibility index (Phi) is 5.89. The van der Waals surface area contributed by atoms with E-state index >= 15 is 0 Å². The molecule has 0 heterocycles. The first-order valence-electron chi connectivity index (χ1n) is 7.67. The van der Waals surface area contributed by atoms with Crippen molar-refractivity contribution in [2.24, 2.45) is 0 Å². The zero-order valence-corrected chi connectivity index (χ0v) is 14.2. The number of carbonyl (C=O) groups excluding carboxylic acids is 3. The Hall–Kier alpha value is -3.15. The van der Waals surface area contributed by atoms with E-state index in [0.29, 0.717) is 22.6 Å². The van der Waals surface area contributed by atoms with Gasteiger partial charge in [-0.3, -0.25) is 9.59 Å². The number of anilines is 1. The molecule has 0 saturated heterocycles. The van der Waals surface area contributed by atoms with Crippen LogP contribution >= 0.6 is 0 Å².